The Morgan fingerprint density at radius 3 is 2.52 bits per heavy atom. The van der Waals surface area contributed by atoms with Crippen LogP contribution in [0.4, 0.5) is 10.5 Å². The van der Waals surface area contributed by atoms with Crippen LogP contribution in [-0.2, 0) is 9.59 Å². The lowest BCUT2D eigenvalue weighted by Gasteiger charge is -2.27. The van der Waals surface area contributed by atoms with E-state index in [0.717, 1.165) is 21.8 Å². The molecular formula is C23H22Cl2N2O4. The number of amides is 4. The number of rotatable bonds is 5. The lowest BCUT2D eigenvalue weighted by molar-refractivity contribution is -0.122. The van der Waals surface area contributed by atoms with Crippen molar-refractivity contribution in [2.45, 2.75) is 33.6 Å². The number of urea groups is 1. The number of imide groups is 2. The van der Waals surface area contributed by atoms with Gasteiger partial charge < -0.3 is 4.74 Å². The molecule has 8 heteroatoms. The largest absolute Gasteiger partial charge is 0.494 e. The van der Waals surface area contributed by atoms with Gasteiger partial charge in [-0.05, 0) is 66.8 Å². The number of nitrogens with one attached hydrogen (secondary N) is 1. The highest BCUT2D eigenvalue weighted by Gasteiger charge is 2.38. The van der Waals surface area contributed by atoms with Crippen molar-refractivity contribution in [3.8, 4) is 5.75 Å². The first-order chi connectivity index (χ1) is 14.6. The topological polar surface area (TPSA) is 75.7 Å². The van der Waals surface area contributed by atoms with Gasteiger partial charge in [-0.1, -0.05) is 43.1 Å². The third kappa shape index (κ3) is 4.45. The molecule has 0 bridgehead atoms. The van der Waals surface area contributed by atoms with Crippen molar-refractivity contribution in [2.75, 3.05) is 11.5 Å². The molecule has 1 N–H and O–H groups in total. The van der Waals surface area contributed by atoms with Gasteiger partial charge in [0.25, 0.3) is 11.8 Å². The Bertz CT molecular complexity index is 1110. The van der Waals surface area contributed by atoms with Crippen molar-refractivity contribution >= 4 is 52.8 Å². The second-order valence-corrected chi connectivity index (χ2v) is 8.15. The minimum absolute atomic E-state index is 0.0423. The molecular weight excluding hydrogens is 439 g/mol. The van der Waals surface area contributed by atoms with Crippen molar-refractivity contribution in [1.29, 1.82) is 0 Å². The van der Waals surface area contributed by atoms with Crippen LogP contribution in [0.1, 0.15) is 43.4 Å². The van der Waals surface area contributed by atoms with Crippen molar-refractivity contribution in [3.05, 3.63) is 62.6 Å². The van der Waals surface area contributed by atoms with Gasteiger partial charge in [-0.2, -0.15) is 0 Å². The Hall–Kier alpha value is -2.83. The molecule has 3 rings (SSSR count). The summed E-state index contributed by atoms with van der Waals surface area (Å²) in [7, 11) is 0. The molecule has 6 nitrogen and oxygen atoms in total. The second kappa shape index (κ2) is 9.12. The zero-order valence-electron chi connectivity index (χ0n) is 17.6. The summed E-state index contributed by atoms with van der Waals surface area (Å²) in [6, 6.07) is 7.48. The lowest BCUT2D eigenvalue weighted by atomic mass is 9.95. The van der Waals surface area contributed by atoms with E-state index < -0.39 is 17.8 Å². The lowest BCUT2D eigenvalue weighted by Crippen LogP contribution is -2.54. The highest BCUT2D eigenvalue weighted by atomic mass is 35.5. The van der Waals surface area contributed by atoms with Crippen molar-refractivity contribution in [1.82, 2.24) is 5.32 Å². The number of hydrogen-bond acceptors (Lipinski definition) is 4. The van der Waals surface area contributed by atoms with Crippen LogP contribution in [0.5, 0.6) is 5.75 Å². The molecule has 2 aromatic rings. The van der Waals surface area contributed by atoms with E-state index in [0.29, 0.717) is 12.2 Å². The van der Waals surface area contributed by atoms with Gasteiger partial charge in [-0.3, -0.25) is 14.9 Å². The normalized spacial score (nSPS) is 15.6. The fraction of sp³-hybridized carbons (Fsp3) is 0.261. The number of nitrogens with zero attached hydrogens (tertiary/aromatic N) is 1. The zero-order chi connectivity index (χ0) is 22.9. The summed E-state index contributed by atoms with van der Waals surface area (Å²) in [5.74, 6) is -0.626. The molecule has 0 aliphatic carbocycles. The molecule has 4 amide bonds. The molecule has 1 aliphatic rings. The van der Waals surface area contributed by atoms with Gasteiger partial charge >= 0.3 is 6.03 Å². The van der Waals surface area contributed by atoms with Crippen molar-refractivity contribution in [2.24, 2.45) is 0 Å². The van der Waals surface area contributed by atoms with Crippen LogP contribution >= 0.6 is 23.2 Å². The van der Waals surface area contributed by atoms with Gasteiger partial charge in [-0.25, -0.2) is 9.69 Å². The van der Waals surface area contributed by atoms with Crippen LogP contribution in [0.25, 0.3) is 6.08 Å². The minimum atomic E-state index is -0.886. The van der Waals surface area contributed by atoms with Gasteiger partial charge in [0.15, 0.2) is 0 Å². The molecule has 162 valence electrons. The summed E-state index contributed by atoms with van der Waals surface area (Å²) in [6.07, 6.45) is 1.48. The van der Waals surface area contributed by atoms with Crippen LogP contribution in [0.2, 0.25) is 10.0 Å². The first-order valence-electron chi connectivity index (χ1n) is 9.78. The molecule has 0 spiro atoms. The number of anilines is 1. The maximum Gasteiger partial charge on any atom is 0.336 e. The van der Waals surface area contributed by atoms with Gasteiger partial charge in [-0.15, -0.1) is 0 Å². The molecule has 31 heavy (non-hydrogen) atoms. The maximum absolute atomic E-state index is 13.2. The van der Waals surface area contributed by atoms with E-state index in [-0.39, 0.29) is 27.2 Å². The number of carbonyl (C=O) groups is 3. The standard InChI is InChI=1S/C23H22Cl2N2O4/c1-5-31-19-9-13(4)14(10-15(19)12(2)3)11-16-21(28)26-23(30)27(22(16)29)18-8-6-7-17(24)20(18)25/h6-12H,5H2,1-4H3,(H,26,28,30)/b16-11+. The SMILES string of the molecule is CCOc1cc(C)c(/C=C2\C(=O)NC(=O)N(c3cccc(Cl)c3Cl)C2=O)cc1C(C)C. The van der Waals surface area contributed by atoms with E-state index >= 15 is 0 Å². The number of hydrogen-bond donors (Lipinski definition) is 1. The quantitative estimate of drug-likeness (QED) is 0.472. The summed E-state index contributed by atoms with van der Waals surface area (Å²) in [4.78, 5) is 38.9. The molecule has 1 heterocycles. The molecule has 1 fully saturated rings. The van der Waals surface area contributed by atoms with Crippen molar-refractivity contribution in [3.63, 3.8) is 0 Å². The Labute approximate surface area is 190 Å². The van der Waals surface area contributed by atoms with E-state index in [1.54, 1.807) is 12.1 Å². The minimum Gasteiger partial charge on any atom is -0.494 e. The molecule has 2 aromatic carbocycles. The van der Waals surface area contributed by atoms with Gasteiger partial charge in [0.05, 0.1) is 22.3 Å². The number of aryl methyl sites for hydroxylation is 1. The van der Waals surface area contributed by atoms with E-state index in [2.05, 4.69) is 5.32 Å². The third-order valence-corrected chi connectivity index (χ3v) is 5.70. The highest BCUT2D eigenvalue weighted by molar-refractivity contribution is 6.46. The fourth-order valence-electron chi connectivity index (χ4n) is 3.30. The summed E-state index contributed by atoms with van der Waals surface area (Å²) in [5.41, 5.74) is 2.37. The van der Waals surface area contributed by atoms with E-state index in [9.17, 15) is 14.4 Å². The molecule has 0 unspecified atom stereocenters. The third-order valence-electron chi connectivity index (χ3n) is 4.89. The Morgan fingerprint density at radius 2 is 1.87 bits per heavy atom. The Kier molecular flexibility index (Phi) is 6.72. The van der Waals surface area contributed by atoms with Crippen LogP contribution < -0.4 is 15.0 Å². The van der Waals surface area contributed by atoms with Gasteiger partial charge in [0, 0.05) is 0 Å². The molecule has 0 atom stereocenters. The van der Waals surface area contributed by atoms with Crippen LogP contribution in [0.3, 0.4) is 0 Å². The van der Waals surface area contributed by atoms with E-state index in [1.807, 2.05) is 39.8 Å². The smallest absolute Gasteiger partial charge is 0.336 e. The number of halogens is 2. The van der Waals surface area contributed by atoms with E-state index in [4.69, 9.17) is 27.9 Å². The number of carbonyl (C=O) groups excluding carboxylic acids is 3. The average molecular weight is 461 g/mol. The predicted octanol–water partition coefficient (Wildman–Crippen LogP) is 5.49. The fourth-order valence-corrected chi connectivity index (χ4v) is 3.68. The first kappa shape index (κ1) is 22.8. The van der Waals surface area contributed by atoms with Crippen LogP contribution in [-0.4, -0.2) is 24.5 Å². The maximum atomic E-state index is 13.2. The monoisotopic (exact) mass is 460 g/mol. The number of barbiturate groups is 1. The predicted molar refractivity (Wildman–Crippen MR) is 122 cm³/mol. The summed E-state index contributed by atoms with van der Waals surface area (Å²) in [5, 5.41) is 2.42. The Morgan fingerprint density at radius 1 is 1.16 bits per heavy atom. The molecule has 1 saturated heterocycles. The van der Waals surface area contributed by atoms with Gasteiger partial charge in [0.2, 0.25) is 0 Å². The highest BCUT2D eigenvalue weighted by Crippen LogP contribution is 2.35. The number of ether oxygens (including phenoxy) is 1. The zero-order valence-corrected chi connectivity index (χ0v) is 19.1. The Balaban J connectivity index is 2.10. The summed E-state index contributed by atoms with van der Waals surface area (Å²) in [6.45, 7) is 8.36. The summed E-state index contributed by atoms with van der Waals surface area (Å²) >= 11 is 12.2. The molecule has 1 aliphatic heterocycles. The van der Waals surface area contributed by atoms with Gasteiger partial charge in [0.1, 0.15) is 11.3 Å². The van der Waals surface area contributed by atoms with E-state index in [1.165, 1.54) is 12.1 Å². The molecule has 0 aromatic heterocycles. The van der Waals surface area contributed by atoms with Crippen LogP contribution in [0.15, 0.2) is 35.9 Å². The second-order valence-electron chi connectivity index (χ2n) is 7.37. The first-order valence-corrected chi connectivity index (χ1v) is 10.5. The average Bonchev–Trinajstić information content (AvgIpc) is 2.69. The summed E-state index contributed by atoms with van der Waals surface area (Å²) < 4.78 is 5.73. The molecule has 0 radical (unpaired) electrons. The van der Waals surface area contributed by atoms with Crippen LogP contribution in [0, 0.1) is 6.92 Å². The van der Waals surface area contributed by atoms with Crippen molar-refractivity contribution < 1.29 is 19.1 Å². The number of benzene rings is 2. The molecule has 0 saturated carbocycles.